The van der Waals surface area contributed by atoms with Crippen LogP contribution < -0.4 is 0 Å². The highest BCUT2D eigenvalue weighted by molar-refractivity contribution is 6.30. The van der Waals surface area contributed by atoms with Gasteiger partial charge in [-0.3, -0.25) is 0 Å². The Labute approximate surface area is 82.3 Å². The van der Waals surface area contributed by atoms with E-state index in [0.29, 0.717) is 6.42 Å². The van der Waals surface area contributed by atoms with Gasteiger partial charge in [0.15, 0.2) is 0 Å². The topological polar surface area (TPSA) is 23.8 Å². The lowest BCUT2D eigenvalue weighted by molar-refractivity contribution is 1.31. The average molecular weight is 190 g/mol. The molecule has 1 aliphatic carbocycles. The monoisotopic (exact) mass is 189 g/mol. The van der Waals surface area contributed by atoms with Gasteiger partial charge in [0.2, 0.25) is 0 Å². The Hall–Kier alpha value is -1.26. The van der Waals surface area contributed by atoms with Crippen molar-refractivity contribution in [3.8, 4) is 6.07 Å². The van der Waals surface area contributed by atoms with Gasteiger partial charge in [-0.2, -0.15) is 5.26 Å². The van der Waals surface area contributed by atoms with Crippen LogP contribution in [0.3, 0.4) is 0 Å². The number of hydrogen-bond acceptors (Lipinski definition) is 1. The van der Waals surface area contributed by atoms with Crippen molar-refractivity contribution in [2.45, 2.75) is 12.8 Å². The minimum Gasteiger partial charge on any atom is -0.198 e. The van der Waals surface area contributed by atoms with E-state index >= 15 is 0 Å². The van der Waals surface area contributed by atoms with Crippen molar-refractivity contribution in [2.24, 2.45) is 0 Å². The number of nitriles is 1. The fourth-order valence-corrected chi connectivity index (χ4v) is 1.79. The zero-order valence-corrected chi connectivity index (χ0v) is 7.80. The Balaban J connectivity index is 2.43. The molecule has 64 valence electrons. The molecule has 0 atom stereocenters. The molecule has 2 heteroatoms. The maximum absolute atomic E-state index is 8.60. The van der Waals surface area contributed by atoms with Gasteiger partial charge in [-0.15, -0.1) is 0 Å². The smallest absolute Gasteiger partial charge is 0.0669 e. The van der Waals surface area contributed by atoms with Crippen molar-refractivity contribution < 1.29 is 0 Å². The lowest BCUT2D eigenvalue weighted by Gasteiger charge is -2.02. The summed E-state index contributed by atoms with van der Waals surface area (Å²) in [6.45, 7) is 0. The summed E-state index contributed by atoms with van der Waals surface area (Å²) >= 11 is 5.88. The first kappa shape index (κ1) is 8.34. The maximum Gasteiger partial charge on any atom is 0.0669 e. The molecule has 0 fully saturated rings. The molecule has 0 saturated heterocycles. The predicted octanol–water partition coefficient (Wildman–Crippen LogP) is 3.19. The van der Waals surface area contributed by atoms with Crippen molar-refractivity contribution in [1.82, 2.24) is 0 Å². The number of benzene rings is 1. The van der Waals surface area contributed by atoms with Crippen molar-refractivity contribution in [3.05, 3.63) is 40.4 Å². The van der Waals surface area contributed by atoms with Crippen molar-refractivity contribution in [2.75, 3.05) is 0 Å². The first-order valence-corrected chi connectivity index (χ1v) is 4.54. The van der Waals surface area contributed by atoms with Gasteiger partial charge in [0, 0.05) is 5.02 Å². The van der Waals surface area contributed by atoms with Crippen LogP contribution in [0.4, 0.5) is 0 Å². The quantitative estimate of drug-likeness (QED) is 0.666. The molecule has 13 heavy (non-hydrogen) atoms. The van der Waals surface area contributed by atoms with Crippen molar-refractivity contribution in [3.63, 3.8) is 0 Å². The second-order valence-corrected chi connectivity index (χ2v) is 3.51. The molecule has 1 aromatic rings. The summed E-state index contributed by atoms with van der Waals surface area (Å²) in [5.74, 6) is 0. The van der Waals surface area contributed by atoms with Gasteiger partial charge < -0.3 is 0 Å². The van der Waals surface area contributed by atoms with Crippen LogP contribution in [0.1, 0.15) is 17.5 Å². The molecule has 1 aliphatic rings. The predicted molar refractivity (Wildman–Crippen MR) is 53.4 cm³/mol. The second kappa shape index (κ2) is 3.24. The number of hydrogen-bond donors (Lipinski definition) is 0. The summed E-state index contributed by atoms with van der Waals surface area (Å²) < 4.78 is 0. The van der Waals surface area contributed by atoms with Crippen LogP contribution in [-0.2, 0) is 6.42 Å². The van der Waals surface area contributed by atoms with E-state index in [2.05, 4.69) is 12.1 Å². The zero-order valence-electron chi connectivity index (χ0n) is 7.05. The van der Waals surface area contributed by atoms with Crippen LogP contribution >= 0.6 is 11.6 Å². The summed E-state index contributed by atoms with van der Waals surface area (Å²) in [5.41, 5.74) is 3.53. The molecule has 0 bridgehead atoms. The standard InChI is InChI=1S/C11H8ClN/c12-10-4-3-8-1-2-9(5-6-13)11(8)7-10/h2-4,7H,1,5H2. The van der Waals surface area contributed by atoms with E-state index in [0.717, 1.165) is 22.6 Å². The van der Waals surface area contributed by atoms with Gasteiger partial charge in [0.1, 0.15) is 0 Å². The number of nitrogens with zero attached hydrogens (tertiary/aromatic N) is 1. The Morgan fingerprint density at radius 3 is 3.08 bits per heavy atom. The molecule has 1 aromatic carbocycles. The van der Waals surface area contributed by atoms with Crippen LogP contribution in [0.2, 0.25) is 5.02 Å². The molecule has 0 unspecified atom stereocenters. The van der Waals surface area contributed by atoms with E-state index in [1.54, 1.807) is 0 Å². The molecule has 0 aliphatic heterocycles. The van der Waals surface area contributed by atoms with Crippen molar-refractivity contribution >= 4 is 17.2 Å². The lowest BCUT2D eigenvalue weighted by atomic mass is 10.0. The third kappa shape index (κ3) is 1.46. The van der Waals surface area contributed by atoms with E-state index < -0.39 is 0 Å². The summed E-state index contributed by atoms with van der Waals surface area (Å²) in [6, 6.07) is 8.01. The van der Waals surface area contributed by atoms with Gasteiger partial charge in [0.05, 0.1) is 12.5 Å². The minimum atomic E-state index is 0.480. The third-order valence-corrected chi connectivity index (χ3v) is 2.49. The number of fused-ring (bicyclic) bond motifs is 1. The fourth-order valence-electron chi connectivity index (χ4n) is 1.62. The molecule has 2 rings (SSSR count). The van der Waals surface area contributed by atoms with Gasteiger partial charge in [-0.1, -0.05) is 23.7 Å². The van der Waals surface area contributed by atoms with E-state index in [9.17, 15) is 0 Å². The van der Waals surface area contributed by atoms with Crippen LogP contribution in [0.25, 0.3) is 5.57 Å². The van der Waals surface area contributed by atoms with E-state index in [4.69, 9.17) is 16.9 Å². The fraction of sp³-hybridized carbons (Fsp3) is 0.182. The Morgan fingerprint density at radius 2 is 2.31 bits per heavy atom. The van der Waals surface area contributed by atoms with E-state index in [-0.39, 0.29) is 0 Å². The molecule has 1 nitrogen and oxygen atoms in total. The first-order valence-electron chi connectivity index (χ1n) is 4.16. The lowest BCUT2D eigenvalue weighted by Crippen LogP contribution is -1.83. The Kier molecular flexibility index (Phi) is 2.08. The Morgan fingerprint density at radius 1 is 1.46 bits per heavy atom. The molecule has 0 saturated carbocycles. The molecule has 0 N–H and O–H groups in total. The summed E-state index contributed by atoms with van der Waals surface area (Å²) in [6.07, 6.45) is 3.51. The maximum atomic E-state index is 8.60. The second-order valence-electron chi connectivity index (χ2n) is 3.07. The summed E-state index contributed by atoms with van der Waals surface area (Å²) in [7, 11) is 0. The van der Waals surface area contributed by atoms with Crippen LogP contribution in [0, 0.1) is 11.3 Å². The van der Waals surface area contributed by atoms with Gasteiger partial charge in [0.25, 0.3) is 0 Å². The van der Waals surface area contributed by atoms with Crippen molar-refractivity contribution in [1.29, 1.82) is 5.26 Å². The van der Waals surface area contributed by atoms with Gasteiger partial charge in [-0.05, 0) is 35.3 Å². The molecule has 0 aromatic heterocycles. The average Bonchev–Trinajstić information content (AvgIpc) is 2.49. The SMILES string of the molecule is N#CCC1=CCc2ccc(Cl)cc21. The van der Waals surface area contributed by atoms with Gasteiger partial charge >= 0.3 is 0 Å². The molecule has 0 heterocycles. The highest BCUT2D eigenvalue weighted by atomic mass is 35.5. The number of rotatable bonds is 1. The van der Waals surface area contributed by atoms with Gasteiger partial charge in [-0.25, -0.2) is 0 Å². The minimum absolute atomic E-state index is 0.480. The van der Waals surface area contributed by atoms with Crippen LogP contribution in [-0.4, -0.2) is 0 Å². The normalized spacial score (nSPS) is 13.4. The van der Waals surface area contributed by atoms with Crippen LogP contribution in [0.5, 0.6) is 0 Å². The molecule has 0 amide bonds. The first-order chi connectivity index (χ1) is 6.31. The Bertz CT molecular complexity index is 413. The van der Waals surface area contributed by atoms with Crippen LogP contribution in [0.15, 0.2) is 24.3 Å². The summed E-state index contributed by atoms with van der Waals surface area (Å²) in [4.78, 5) is 0. The van der Waals surface area contributed by atoms with E-state index in [1.807, 2.05) is 18.2 Å². The number of allylic oxidation sites excluding steroid dienone is 2. The highest BCUT2D eigenvalue weighted by Crippen LogP contribution is 2.31. The molecular weight excluding hydrogens is 182 g/mol. The zero-order chi connectivity index (χ0) is 9.26. The number of halogens is 1. The molecule has 0 radical (unpaired) electrons. The van der Waals surface area contributed by atoms with E-state index in [1.165, 1.54) is 5.56 Å². The summed E-state index contributed by atoms with van der Waals surface area (Å²) in [5, 5.41) is 9.34. The third-order valence-electron chi connectivity index (χ3n) is 2.26. The molecular formula is C11H8ClN. The largest absolute Gasteiger partial charge is 0.198 e. The molecule has 0 spiro atoms. The highest BCUT2D eigenvalue weighted by Gasteiger charge is 2.13.